The minimum atomic E-state index is -0.0221. The molecule has 0 aliphatic heterocycles. The summed E-state index contributed by atoms with van der Waals surface area (Å²) in [5.41, 5.74) is 0.854. The minimum Gasteiger partial charge on any atom is -0.381 e. The Bertz CT molecular complexity index is 262. The summed E-state index contributed by atoms with van der Waals surface area (Å²) >= 11 is 0. The van der Waals surface area contributed by atoms with Crippen LogP contribution in [0.5, 0.6) is 0 Å². The van der Waals surface area contributed by atoms with E-state index in [1.807, 2.05) is 0 Å². The Morgan fingerprint density at radius 3 is 2.69 bits per heavy atom. The molecule has 1 aromatic rings. The van der Waals surface area contributed by atoms with Gasteiger partial charge < -0.3 is 10.6 Å². The lowest BCUT2D eigenvalue weighted by Gasteiger charge is -2.04. The number of carbonyl (C=O) groups excluding carboxylic acids is 1. The number of carbonyl (C=O) groups is 1. The van der Waals surface area contributed by atoms with Crippen LogP contribution in [-0.4, -0.2) is 29.0 Å². The highest BCUT2D eigenvalue weighted by molar-refractivity contribution is 5.72. The lowest BCUT2D eigenvalue weighted by Crippen LogP contribution is -2.26. The van der Waals surface area contributed by atoms with Gasteiger partial charge in [-0.2, -0.15) is 0 Å². The van der Waals surface area contributed by atoms with Crippen LogP contribution < -0.4 is 10.6 Å². The van der Waals surface area contributed by atoms with Gasteiger partial charge in [0.2, 0.25) is 5.91 Å². The molecule has 1 aromatic heterocycles. The number of rotatable bonds is 4. The molecule has 5 nitrogen and oxygen atoms in total. The van der Waals surface area contributed by atoms with E-state index in [0.717, 1.165) is 5.69 Å². The first-order valence-corrected chi connectivity index (χ1v) is 4.02. The fourth-order valence-corrected chi connectivity index (χ4v) is 0.836. The number of nitrogens with zero attached hydrogens (tertiary/aromatic N) is 2. The molecule has 0 fully saturated rings. The van der Waals surface area contributed by atoms with Crippen molar-refractivity contribution in [3.05, 3.63) is 18.7 Å². The summed E-state index contributed by atoms with van der Waals surface area (Å²) in [6.45, 7) is 2.77. The lowest BCUT2D eigenvalue weighted by molar-refractivity contribution is -0.118. The zero-order chi connectivity index (χ0) is 9.52. The number of nitrogens with one attached hydrogen (secondary N) is 2. The number of amides is 1. The molecule has 1 amide bonds. The summed E-state index contributed by atoms with van der Waals surface area (Å²) in [4.78, 5) is 18.2. The summed E-state index contributed by atoms with van der Waals surface area (Å²) in [5.74, 6) is -0.0221. The van der Waals surface area contributed by atoms with Crippen molar-refractivity contribution in [2.75, 3.05) is 18.4 Å². The van der Waals surface area contributed by atoms with Crippen LogP contribution in [-0.2, 0) is 4.79 Å². The first-order valence-electron chi connectivity index (χ1n) is 4.02. The number of hydrogen-bond acceptors (Lipinski definition) is 4. The highest BCUT2D eigenvalue weighted by Crippen LogP contribution is 1.97. The quantitative estimate of drug-likeness (QED) is 0.641. The van der Waals surface area contributed by atoms with Crippen LogP contribution in [0.3, 0.4) is 0 Å². The molecule has 0 aliphatic rings. The summed E-state index contributed by atoms with van der Waals surface area (Å²) in [7, 11) is 0. The van der Waals surface area contributed by atoms with Crippen molar-refractivity contribution < 1.29 is 4.79 Å². The molecular formula is C8H12N4O. The Hall–Kier alpha value is -1.65. The molecule has 2 N–H and O–H groups in total. The predicted octanol–water partition coefficient (Wildman–Crippen LogP) is 0.0246. The molecule has 0 aliphatic carbocycles. The van der Waals surface area contributed by atoms with Crippen LogP contribution in [0.4, 0.5) is 5.69 Å². The van der Waals surface area contributed by atoms with Gasteiger partial charge in [0.1, 0.15) is 6.33 Å². The Labute approximate surface area is 76.6 Å². The van der Waals surface area contributed by atoms with Crippen molar-refractivity contribution in [1.82, 2.24) is 15.3 Å². The monoisotopic (exact) mass is 180 g/mol. The molecule has 0 saturated carbocycles. The molecule has 13 heavy (non-hydrogen) atoms. The van der Waals surface area contributed by atoms with Gasteiger partial charge in [-0.1, -0.05) is 0 Å². The number of aromatic nitrogens is 2. The standard InChI is InChI=1S/C8H12N4O/c1-7(13)11-2-3-12-8-4-9-6-10-5-8/h4-6,12H,2-3H2,1H3,(H,11,13). The SMILES string of the molecule is CC(=O)NCCNc1cncnc1. The molecule has 70 valence electrons. The third-order valence-corrected chi connectivity index (χ3v) is 1.39. The minimum absolute atomic E-state index is 0.0221. The van der Waals surface area contributed by atoms with Crippen LogP contribution in [0.2, 0.25) is 0 Å². The van der Waals surface area contributed by atoms with E-state index in [0.29, 0.717) is 13.1 Å². The van der Waals surface area contributed by atoms with Crippen LogP contribution in [0.1, 0.15) is 6.92 Å². The molecule has 0 bridgehead atoms. The van der Waals surface area contributed by atoms with E-state index >= 15 is 0 Å². The second kappa shape index (κ2) is 5.08. The molecule has 0 spiro atoms. The molecule has 0 aromatic carbocycles. The normalized spacial score (nSPS) is 9.31. The fourth-order valence-electron chi connectivity index (χ4n) is 0.836. The van der Waals surface area contributed by atoms with Crippen LogP contribution in [0.25, 0.3) is 0 Å². The third-order valence-electron chi connectivity index (χ3n) is 1.39. The largest absolute Gasteiger partial charge is 0.381 e. The third kappa shape index (κ3) is 4.05. The van der Waals surface area contributed by atoms with Gasteiger partial charge in [0.05, 0.1) is 18.1 Å². The van der Waals surface area contributed by atoms with Gasteiger partial charge in [-0.05, 0) is 0 Å². The van der Waals surface area contributed by atoms with Crippen molar-refractivity contribution in [3.8, 4) is 0 Å². The Morgan fingerprint density at radius 1 is 1.38 bits per heavy atom. The Kier molecular flexibility index (Phi) is 3.69. The molecule has 0 saturated heterocycles. The van der Waals surface area contributed by atoms with Gasteiger partial charge in [-0.25, -0.2) is 9.97 Å². The summed E-state index contributed by atoms with van der Waals surface area (Å²) in [6, 6.07) is 0. The molecule has 0 radical (unpaired) electrons. The van der Waals surface area contributed by atoms with E-state index in [2.05, 4.69) is 20.6 Å². The summed E-state index contributed by atoms with van der Waals surface area (Å²) in [6.07, 6.45) is 4.83. The van der Waals surface area contributed by atoms with Crippen molar-refractivity contribution in [1.29, 1.82) is 0 Å². The van der Waals surface area contributed by atoms with Crippen LogP contribution in [0, 0.1) is 0 Å². The zero-order valence-corrected chi connectivity index (χ0v) is 7.45. The molecule has 0 unspecified atom stereocenters. The first-order chi connectivity index (χ1) is 6.29. The van der Waals surface area contributed by atoms with Gasteiger partial charge in [0, 0.05) is 20.0 Å². The van der Waals surface area contributed by atoms with E-state index in [4.69, 9.17) is 0 Å². The van der Waals surface area contributed by atoms with E-state index in [-0.39, 0.29) is 5.91 Å². The maximum atomic E-state index is 10.5. The van der Waals surface area contributed by atoms with Gasteiger partial charge >= 0.3 is 0 Å². The van der Waals surface area contributed by atoms with Gasteiger partial charge in [-0.15, -0.1) is 0 Å². The topological polar surface area (TPSA) is 66.9 Å². The van der Waals surface area contributed by atoms with Gasteiger partial charge in [0.15, 0.2) is 0 Å². The summed E-state index contributed by atoms with van der Waals surface area (Å²) in [5, 5.41) is 5.73. The van der Waals surface area contributed by atoms with Gasteiger partial charge in [0.25, 0.3) is 0 Å². The Morgan fingerprint density at radius 2 is 2.08 bits per heavy atom. The van der Waals surface area contributed by atoms with E-state index in [1.165, 1.54) is 13.3 Å². The second-order valence-electron chi connectivity index (χ2n) is 2.54. The van der Waals surface area contributed by atoms with E-state index < -0.39 is 0 Å². The molecule has 1 heterocycles. The number of hydrogen-bond donors (Lipinski definition) is 2. The van der Waals surface area contributed by atoms with Crippen molar-refractivity contribution in [2.24, 2.45) is 0 Å². The average Bonchev–Trinajstić information content (AvgIpc) is 2.14. The van der Waals surface area contributed by atoms with E-state index in [1.54, 1.807) is 12.4 Å². The second-order valence-corrected chi connectivity index (χ2v) is 2.54. The molecular weight excluding hydrogens is 168 g/mol. The van der Waals surface area contributed by atoms with Crippen molar-refractivity contribution in [3.63, 3.8) is 0 Å². The van der Waals surface area contributed by atoms with Crippen LogP contribution in [0.15, 0.2) is 18.7 Å². The fraction of sp³-hybridized carbons (Fsp3) is 0.375. The Balaban J connectivity index is 2.17. The molecule has 1 rings (SSSR count). The lowest BCUT2D eigenvalue weighted by atomic mass is 10.5. The maximum absolute atomic E-state index is 10.5. The summed E-state index contributed by atoms with van der Waals surface area (Å²) < 4.78 is 0. The predicted molar refractivity (Wildman–Crippen MR) is 49.2 cm³/mol. The van der Waals surface area contributed by atoms with E-state index in [9.17, 15) is 4.79 Å². The van der Waals surface area contributed by atoms with Gasteiger partial charge in [-0.3, -0.25) is 4.79 Å². The maximum Gasteiger partial charge on any atom is 0.216 e. The highest BCUT2D eigenvalue weighted by atomic mass is 16.1. The van der Waals surface area contributed by atoms with Crippen molar-refractivity contribution >= 4 is 11.6 Å². The smallest absolute Gasteiger partial charge is 0.216 e. The van der Waals surface area contributed by atoms with Crippen LogP contribution >= 0.6 is 0 Å². The first kappa shape index (κ1) is 9.44. The zero-order valence-electron chi connectivity index (χ0n) is 7.45. The highest BCUT2D eigenvalue weighted by Gasteiger charge is 1.91. The average molecular weight is 180 g/mol. The molecule has 5 heteroatoms. The number of anilines is 1. The molecule has 0 atom stereocenters. The van der Waals surface area contributed by atoms with Crippen molar-refractivity contribution in [2.45, 2.75) is 6.92 Å².